The molecule has 7 rings (SSSR count). The van der Waals surface area contributed by atoms with Crippen molar-refractivity contribution in [2.75, 3.05) is 19.6 Å². The number of esters is 2. The summed E-state index contributed by atoms with van der Waals surface area (Å²) in [5.41, 5.74) is 3.86. The van der Waals surface area contributed by atoms with Crippen molar-refractivity contribution in [1.29, 1.82) is 0 Å². The summed E-state index contributed by atoms with van der Waals surface area (Å²) in [6.45, 7) is 11.3. The first kappa shape index (κ1) is 34.0. The van der Waals surface area contributed by atoms with E-state index in [9.17, 15) is 14.4 Å². The van der Waals surface area contributed by atoms with E-state index in [0.29, 0.717) is 43.7 Å². The van der Waals surface area contributed by atoms with Gasteiger partial charge in [0, 0.05) is 38.6 Å². The predicted molar refractivity (Wildman–Crippen MR) is 192 cm³/mol. The van der Waals surface area contributed by atoms with Crippen LogP contribution in [0.2, 0.25) is 0 Å². The van der Waals surface area contributed by atoms with Gasteiger partial charge in [-0.2, -0.15) is 0 Å². The van der Waals surface area contributed by atoms with Crippen LogP contribution in [0.1, 0.15) is 74.8 Å². The zero-order valence-corrected chi connectivity index (χ0v) is 29.8. The molecule has 5 atom stereocenters. The Morgan fingerprint density at radius 2 is 1.82 bits per heavy atom. The number of likely N-dealkylation sites (tertiary alicyclic amines) is 1. The minimum Gasteiger partial charge on any atom is -0.483 e. The van der Waals surface area contributed by atoms with Crippen LogP contribution in [0.3, 0.4) is 0 Å². The van der Waals surface area contributed by atoms with Crippen molar-refractivity contribution in [2.24, 2.45) is 5.92 Å². The van der Waals surface area contributed by atoms with Gasteiger partial charge in [0.15, 0.2) is 11.5 Å². The second kappa shape index (κ2) is 13.4. The largest absolute Gasteiger partial charge is 0.483 e. The Bertz CT molecular complexity index is 1820. The van der Waals surface area contributed by atoms with E-state index in [1.165, 1.54) is 19.4 Å². The number of amides is 1. The molecular weight excluding hydrogens is 628 g/mol. The van der Waals surface area contributed by atoms with Gasteiger partial charge in [-0.1, -0.05) is 80.1 Å². The molecule has 1 spiro atoms. The molecule has 4 aliphatic rings. The lowest BCUT2D eigenvalue weighted by molar-refractivity contribution is -0.224. The Balaban J connectivity index is 1.33. The van der Waals surface area contributed by atoms with E-state index < -0.39 is 23.1 Å². The number of piperidine rings is 1. The highest BCUT2D eigenvalue weighted by Gasteiger charge is 2.75. The Morgan fingerprint density at radius 1 is 1.02 bits per heavy atom. The number of nitrogens with zero attached hydrogens (tertiary/aromatic N) is 2. The molecule has 0 radical (unpaired) electrons. The number of aryl methyl sites for hydroxylation is 1. The average Bonchev–Trinajstić information content (AvgIpc) is 3.42. The summed E-state index contributed by atoms with van der Waals surface area (Å²) in [5.74, 6) is 0.312. The van der Waals surface area contributed by atoms with E-state index in [-0.39, 0.29) is 29.9 Å². The fourth-order valence-electron chi connectivity index (χ4n) is 9.59. The number of rotatable bonds is 10. The molecule has 8 nitrogen and oxygen atoms in total. The highest BCUT2D eigenvalue weighted by Crippen LogP contribution is 2.67. The van der Waals surface area contributed by atoms with Crippen molar-refractivity contribution in [3.05, 3.63) is 101 Å². The van der Waals surface area contributed by atoms with Crippen LogP contribution >= 0.6 is 0 Å². The highest BCUT2D eigenvalue weighted by molar-refractivity contribution is 5.92. The lowest BCUT2D eigenvalue weighted by Gasteiger charge is -2.65. The van der Waals surface area contributed by atoms with Crippen molar-refractivity contribution in [2.45, 2.75) is 95.9 Å². The van der Waals surface area contributed by atoms with Crippen LogP contribution in [0, 0.1) is 12.8 Å². The van der Waals surface area contributed by atoms with Crippen molar-refractivity contribution < 1.29 is 28.6 Å². The molecule has 3 aromatic carbocycles. The van der Waals surface area contributed by atoms with Crippen molar-refractivity contribution in [3.8, 4) is 11.5 Å². The maximum Gasteiger partial charge on any atom is 0.308 e. The number of carbonyl (C=O) groups excluding carboxylic acids is 3. The maximum atomic E-state index is 14.3. The monoisotopic (exact) mass is 676 g/mol. The molecule has 2 bridgehead atoms. The molecule has 8 heteroatoms. The molecule has 0 aromatic heterocycles. The lowest BCUT2D eigenvalue weighted by atomic mass is 9.48. The quantitative estimate of drug-likeness (QED) is 0.139. The first-order valence-corrected chi connectivity index (χ1v) is 18.1. The normalized spacial score (nSPS) is 26.3. The third-order valence-corrected chi connectivity index (χ3v) is 11.3. The SMILES string of the molecule is CC(=O)Oc1ccc2c3c1O[C@H]1[C@@H](N(CC(C)C)C(=O)C=Cc4cccc(C)c4)CC[C@@]4(OC(C)=O)[C@@H](C2)N(CCc2ccccc2)CC[C@]314. The Kier molecular flexibility index (Phi) is 9.10. The molecule has 3 aromatic rings. The van der Waals surface area contributed by atoms with Crippen molar-refractivity contribution >= 4 is 23.9 Å². The summed E-state index contributed by atoms with van der Waals surface area (Å²) in [6, 6.07) is 22.1. The molecule has 2 aliphatic heterocycles. The number of ether oxygens (including phenoxy) is 3. The van der Waals surface area contributed by atoms with Crippen LogP contribution < -0.4 is 9.47 Å². The van der Waals surface area contributed by atoms with E-state index in [1.807, 2.05) is 48.2 Å². The van der Waals surface area contributed by atoms with Gasteiger partial charge in [0.05, 0.1) is 17.5 Å². The van der Waals surface area contributed by atoms with Gasteiger partial charge < -0.3 is 19.1 Å². The van der Waals surface area contributed by atoms with E-state index in [4.69, 9.17) is 14.2 Å². The standard InChI is InChI=1S/C42H48N2O6/c1-27(2)26-44(37(47)17-14-32-13-9-10-28(3)24-32)34-18-20-42(50-30(5)46)36-25-33-15-16-35(48-29(4)45)39-38(33)41(42,40(34)49-39)21-23-43(36)22-19-31-11-7-6-8-12-31/h6-17,24,27,34,36,40H,18-23,25-26H2,1-5H3/t34-,36+,40-,41-,42+/m0/s1. The van der Waals surface area contributed by atoms with Crippen LogP contribution in [0.25, 0.3) is 6.08 Å². The van der Waals surface area contributed by atoms with Crippen LogP contribution in [0.4, 0.5) is 0 Å². The molecular formula is C42H48N2O6. The van der Waals surface area contributed by atoms with E-state index in [2.05, 4.69) is 55.1 Å². The van der Waals surface area contributed by atoms with E-state index >= 15 is 0 Å². The minimum atomic E-state index is -0.883. The summed E-state index contributed by atoms with van der Waals surface area (Å²) in [4.78, 5) is 44.3. The minimum absolute atomic E-state index is 0.0748. The Morgan fingerprint density at radius 3 is 2.54 bits per heavy atom. The van der Waals surface area contributed by atoms with Gasteiger partial charge >= 0.3 is 11.9 Å². The lowest BCUT2D eigenvalue weighted by Crippen LogP contribution is -2.79. The maximum absolute atomic E-state index is 14.3. The summed E-state index contributed by atoms with van der Waals surface area (Å²) in [6.07, 6.45) is 6.49. The third kappa shape index (κ3) is 5.81. The predicted octanol–water partition coefficient (Wildman–Crippen LogP) is 6.45. The molecule has 0 N–H and O–H groups in total. The van der Waals surface area contributed by atoms with Gasteiger partial charge in [0.1, 0.15) is 11.7 Å². The molecule has 50 heavy (non-hydrogen) atoms. The summed E-state index contributed by atoms with van der Waals surface area (Å²) in [5, 5.41) is 0. The second-order valence-electron chi connectivity index (χ2n) is 15.0. The fraction of sp³-hybridized carbons (Fsp3) is 0.452. The molecule has 2 heterocycles. The second-order valence-corrected chi connectivity index (χ2v) is 15.0. The average molecular weight is 677 g/mol. The van der Waals surface area contributed by atoms with Crippen LogP contribution in [0.15, 0.2) is 72.8 Å². The number of benzene rings is 3. The molecule has 1 saturated heterocycles. The fourth-order valence-corrected chi connectivity index (χ4v) is 9.59. The number of hydrogen-bond donors (Lipinski definition) is 0. The molecule has 0 unspecified atom stereocenters. The van der Waals surface area contributed by atoms with Gasteiger partial charge in [-0.25, -0.2) is 0 Å². The van der Waals surface area contributed by atoms with Crippen molar-refractivity contribution in [3.63, 3.8) is 0 Å². The van der Waals surface area contributed by atoms with Crippen LogP contribution in [-0.2, 0) is 37.4 Å². The first-order valence-electron chi connectivity index (χ1n) is 18.1. The van der Waals surface area contributed by atoms with Crippen molar-refractivity contribution in [1.82, 2.24) is 9.80 Å². The molecule has 1 amide bonds. The number of carbonyl (C=O) groups is 3. The molecule has 1 saturated carbocycles. The summed E-state index contributed by atoms with van der Waals surface area (Å²) < 4.78 is 19.6. The molecule has 262 valence electrons. The zero-order chi connectivity index (χ0) is 35.2. The van der Waals surface area contributed by atoms with E-state index in [0.717, 1.165) is 41.8 Å². The smallest absolute Gasteiger partial charge is 0.308 e. The Hall–Kier alpha value is -4.43. The van der Waals surface area contributed by atoms with Crippen LogP contribution in [0.5, 0.6) is 11.5 Å². The third-order valence-electron chi connectivity index (χ3n) is 11.3. The Labute approximate surface area is 295 Å². The van der Waals surface area contributed by atoms with Crippen LogP contribution in [-0.4, -0.2) is 71.1 Å². The van der Waals surface area contributed by atoms with Gasteiger partial charge in [0.25, 0.3) is 0 Å². The van der Waals surface area contributed by atoms with E-state index in [1.54, 1.807) is 6.08 Å². The highest BCUT2D eigenvalue weighted by atomic mass is 16.6. The van der Waals surface area contributed by atoms with Gasteiger partial charge in [-0.3, -0.25) is 19.3 Å². The first-order chi connectivity index (χ1) is 24.0. The van der Waals surface area contributed by atoms with Gasteiger partial charge in [-0.05, 0) is 80.3 Å². The molecule has 2 fully saturated rings. The molecule has 2 aliphatic carbocycles. The zero-order valence-electron chi connectivity index (χ0n) is 29.8. The summed E-state index contributed by atoms with van der Waals surface area (Å²) >= 11 is 0. The van der Waals surface area contributed by atoms with Gasteiger partial charge in [-0.15, -0.1) is 0 Å². The topological polar surface area (TPSA) is 85.4 Å². The number of hydrogen-bond acceptors (Lipinski definition) is 7. The summed E-state index contributed by atoms with van der Waals surface area (Å²) in [7, 11) is 0. The van der Waals surface area contributed by atoms with Gasteiger partial charge in [0.2, 0.25) is 5.91 Å².